The molecule has 0 aliphatic carbocycles. The van der Waals surface area contributed by atoms with Gasteiger partial charge in [0, 0.05) is 11.0 Å². The highest BCUT2D eigenvalue weighted by Crippen LogP contribution is 2.43. The highest BCUT2D eigenvalue weighted by atomic mass is 15.2. The fourth-order valence-corrected chi connectivity index (χ4v) is 3.20. The van der Waals surface area contributed by atoms with E-state index in [0.717, 1.165) is 22.3 Å². The van der Waals surface area contributed by atoms with Crippen LogP contribution in [0.15, 0.2) is 53.5 Å². The van der Waals surface area contributed by atoms with Gasteiger partial charge >= 0.3 is 0 Å². The summed E-state index contributed by atoms with van der Waals surface area (Å²) in [4.78, 5) is 9.74. The summed E-state index contributed by atoms with van der Waals surface area (Å²) in [6, 6.07) is 16.2. The average Bonchev–Trinajstić information content (AvgIpc) is 2.58. The van der Waals surface area contributed by atoms with E-state index >= 15 is 0 Å². The number of rotatable bonds is 1. The van der Waals surface area contributed by atoms with E-state index in [-0.39, 0.29) is 11.0 Å². The monoisotopic (exact) mass is 316 g/mol. The number of nitrogens with zero attached hydrogens (tertiary/aromatic N) is 4. The standard InChI is InChI=1S/C20H20N4/c1-19(2)14-10-6-5-9-13(14)17(22-20(19,3)4)18-21-15-11-7-8-12-16(15)23-24-18/h5-12H,1-4H3. The molecule has 0 bridgehead atoms. The van der Waals surface area contributed by atoms with Crippen LogP contribution in [0, 0.1) is 0 Å². The number of benzene rings is 2. The van der Waals surface area contributed by atoms with E-state index in [9.17, 15) is 0 Å². The zero-order valence-corrected chi connectivity index (χ0v) is 14.4. The van der Waals surface area contributed by atoms with Crippen molar-refractivity contribution in [3.8, 4) is 0 Å². The van der Waals surface area contributed by atoms with E-state index in [2.05, 4.69) is 56.1 Å². The first-order chi connectivity index (χ1) is 11.4. The maximum absolute atomic E-state index is 5.04. The van der Waals surface area contributed by atoms with Crippen LogP contribution >= 0.6 is 0 Å². The number of para-hydroxylation sites is 1. The molecule has 0 unspecified atom stereocenters. The Morgan fingerprint density at radius 3 is 2.21 bits per heavy atom. The van der Waals surface area contributed by atoms with Crippen LogP contribution in [0.2, 0.25) is 0 Å². The molecule has 1 aliphatic heterocycles. The van der Waals surface area contributed by atoms with Crippen LogP contribution in [0.5, 0.6) is 0 Å². The van der Waals surface area contributed by atoms with Gasteiger partial charge < -0.3 is 0 Å². The average molecular weight is 316 g/mol. The number of aromatic nitrogens is 3. The van der Waals surface area contributed by atoms with E-state index in [1.807, 2.05) is 30.3 Å². The second kappa shape index (κ2) is 4.94. The molecule has 1 aliphatic rings. The quantitative estimate of drug-likeness (QED) is 0.683. The van der Waals surface area contributed by atoms with Crippen molar-refractivity contribution < 1.29 is 0 Å². The molecule has 2 heterocycles. The first-order valence-corrected chi connectivity index (χ1v) is 8.20. The van der Waals surface area contributed by atoms with Crippen molar-refractivity contribution in [1.82, 2.24) is 15.2 Å². The second-order valence-electron chi connectivity index (χ2n) is 7.31. The van der Waals surface area contributed by atoms with Crippen molar-refractivity contribution in [2.75, 3.05) is 0 Å². The third-order valence-corrected chi connectivity index (χ3v) is 5.35. The van der Waals surface area contributed by atoms with Crippen LogP contribution in [0.4, 0.5) is 0 Å². The molecule has 4 heteroatoms. The summed E-state index contributed by atoms with van der Waals surface area (Å²) in [6.45, 7) is 8.81. The highest BCUT2D eigenvalue weighted by Gasteiger charge is 2.44. The molecule has 0 fully saturated rings. The summed E-state index contributed by atoms with van der Waals surface area (Å²) in [5.74, 6) is 0.588. The predicted octanol–water partition coefficient (Wildman–Crippen LogP) is 3.93. The highest BCUT2D eigenvalue weighted by molar-refractivity contribution is 6.13. The number of fused-ring (bicyclic) bond motifs is 2. The van der Waals surface area contributed by atoms with Gasteiger partial charge in [0.1, 0.15) is 11.2 Å². The molecule has 4 rings (SSSR count). The molecule has 0 radical (unpaired) electrons. The van der Waals surface area contributed by atoms with Crippen molar-refractivity contribution in [1.29, 1.82) is 0 Å². The summed E-state index contributed by atoms with van der Waals surface area (Å²) in [6.07, 6.45) is 0. The molecule has 120 valence electrons. The Kier molecular flexibility index (Phi) is 3.07. The minimum atomic E-state index is -0.258. The third kappa shape index (κ3) is 2.06. The fraction of sp³-hybridized carbons (Fsp3) is 0.300. The van der Waals surface area contributed by atoms with Crippen molar-refractivity contribution in [2.45, 2.75) is 38.6 Å². The van der Waals surface area contributed by atoms with Crippen LogP contribution in [0.1, 0.15) is 44.6 Å². The maximum atomic E-state index is 5.04. The Hall–Kier alpha value is -2.62. The first kappa shape index (κ1) is 14.9. The van der Waals surface area contributed by atoms with Gasteiger partial charge in [-0.15, -0.1) is 10.2 Å². The van der Waals surface area contributed by atoms with Crippen molar-refractivity contribution in [3.63, 3.8) is 0 Å². The molecule has 0 spiro atoms. The molecule has 0 atom stereocenters. The summed E-state index contributed by atoms with van der Waals surface area (Å²) >= 11 is 0. The molecule has 0 saturated heterocycles. The second-order valence-corrected chi connectivity index (χ2v) is 7.31. The van der Waals surface area contributed by atoms with Gasteiger partial charge in [0.05, 0.1) is 11.1 Å². The molecular weight excluding hydrogens is 296 g/mol. The topological polar surface area (TPSA) is 51.0 Å². The van der Waals surface area contributed by atoms with Crippen LogP contribution < -0.4 is 0 Å². The summed E-state index contributed by atoms with van der Waals surface area (Å²) in [5, 5.41) is 8.67. The van der Waals surface area contributed by atoms with E-state index in [4.69, 9.17) is 9.98 Å². The number of hydrogen-bond acceptors (Lipinski definition) is 4. The first-order valence-electron chi connectivity index (χ1n) is 8.20. The molecule has 0 amide bonds. The lowest BCUT2D eigenvalue weighted by Crippen LogP contribution is -2.46. The summed E-state index contributed by atoms with van der Waals surface area (Å²) < 4.78 is 0. The summed E-state index contributed by atoms with van der Waals surface area (Å²) in [5.41, 5.74) is 4.50. The Morgan fingerprint density at radius 1 is 0.750 bits per heavy atom. The molecule has 4 nitrogen and oxygen atoms in total. The van der Waals surface area contributed by atoms with Crippen LogP contribution in [-0.2, 0) is 5.41 Å². The smallest absolute Gasteiger partial charge is 0.201 e. The molecular formula is C20H20N4. The molecule has 0 N–H and O–H groups in total. The van der Waals surface area contributed by atoms with Crippen molar-refractivity contribution >= 4 is 16.7 Å². The minimum absolute atomic E-state index is 0.0721. The lowest BCUT2D eigenvalue weighted by Gasteiger charge is -2.44. The minimum Gasteiger partial charge on any atom is -0.274 e. The molecule has 1 aromatic heterocycles. The van der Waals surface area contributed by atoms with Crippen LogP contribution in [0.3, 0.4) is 0 Å². The van der Waals surface area contributed by atoms with Gasteiger partial charge in [-0.1, -0.05) is 50.2 Å². The van der Waals surface area contributed by atoms with Gasteiger partial charge in [0.2, 0.25) is 5.82 Å². The zero-order valence-electron chi connectivity index (χ0n) is 14.4. The molecule has 0 saturated carbocycles. The lowest BCUT2D eigenvalue weighted by atomic mass is 9.66. The Bertz CT molecular complexity index is 970. The maximum Gasteiger partial charge on any atom is 0.201 e. The van der Waals surface area contributed by atoms with Gasteiger partial charge in [-0.2, -0.15) is 0 Å². The lowest BCUT2D eigenvalue weighted by molar-refractivity contribution is 0.303. The Labute approximate surface area is 141 Å². The van der Waals surface area contributed by atoms with E-state index in [1.54, 1.807) is 0 Å². The molecule has 2 aromatic carbocycles. The summed E-state index contributed by atoms with van der Waals surface area (Å²) in [7, 11) is 0. The van der Waals surface area contributed by atoms with Crippen LogP contribution in [-0.4, -0.2) is 26.4 Å². The SMILES string of the molecule is CC1(C)N=C(c2nnc3ccccc3n2)c2ccccc2C1(C)C. The fourth-order valence-electron chi connectivity index (χ4n) is 3.20. The zero-order chi connectivity index (χ0) is 16.9. The van der Waals surface area contributed by atoms with Gasteiger partial charge in [0.25, 0.3) is 0 Å². The Balaban J connectivity index is 1.98. The van der Waals surface area contributed by atoms with Crippen molar-refractivity contribution in [2.24, 2.45) is 4.99 Å². The molecule has 3 aromatic rings. The largest absolute Gasteiger partial charge is 0.274 e. The van der Waals surface area contributed by atoms with E-state index in [0.29, 0.717) is 5.82 Å². The van der Waals surface area contributed by atoms with Gasteiger partial charge in [-0.25, -0.2) is 4.98 Å². The predicted molar refractivity (Wildman–Crippen MR) is 96.5 cm³/mol. The normalized spacial score (nSPS) is 18.1. The van der Waals surface area contributed by atoms with E-state index in [1.165, 1.54) is 5.56 Å². The van der Waals surface area contributed by atoms with E-state index < -0.39 is 0 Å². The van der Waals surface area contributed by atoms with Gasteiger partial charge in [0.15, 0.2) is 0 Å². The number of hydrogen-bond donors (Lipinski definition) is 0. The van der Waals surface area contributed by atoms with Crippen LogP contribution in [0.25, 0.3) is 11.0 Å². The Morgan fingerprint density at radius 2 is 1.42 bits per heavy atom. The van der Waals surface area contributed by atoms with Gasteiger partial charge in [-0.05, 0) is 31.5 Å². The van der Waals surface area contributed by atoms with Crippen molar-refractivity contribution in [3.05, 3.63) is 65.5 Å². The third-order valence-electron chi connectivity index (χ3n) is 5.35. The number of aliphatic imine (C=N–C) groups is 1. The molecule has 24 heavy (non-hydrogen) atoms. The van der Waals surface area contributed by atoms with Gasteiger partial charge in [-0.3, -0.25) is 4.99 Å².